The fourth-order valence-electron chi connectivity index (χ4n) is 2.98. The zero-order valence-corrected chi connectivity index (χ0v) is 16.3. The molecular weight excluding hydrogens is 380 g/mol. The van der Waals surface area contributed by atoms with E-state index in [1.807, 2.05) is 37.3 Å². The molecule has 0 saturated carbocycles. The molecule has 0 aliphatic carbocycles. The minimum Gasteiger partial charge on any atom is -0.487 e. The molecule has 0 aliphatic heterocycles. The van der Waals surface area contributed by atoms with Crippen LogP contribution in [0.2, 0.25) is 0 Å². The summed E-state index contributed by atoms with van der Waals surface area (Å²) in [4.78, 5) is 28.7. The highest BCUT2D eigenvalue weighted by molar-refractivity contribution is 5.99. The number of carbonyl (C=O) groups is 1. The van der Waals surface area contributed by atoms with Gasteiger partial charge in [-0.05, 0) is 61.0 Å². The Morgan fingerprint density at radius 2 is 1.77 bits per heavy atom. The van der Waals surface area contributed by atoms with Crippen LogP contribution in [-0.4, -0.2) is 15.4 Å². The standard InChI is InChI=1S/C23H20N4O3/c1-16-5-4-6-18(13-16)26-23(29)25-17-8-10-20(11-9-17)30-15-19-14-22(28)27-12-3-2-7-21(27)24-19/h2-14H,15H2,1H3,(H2,25,26,29). The van der Waals surface area contributed by atoms with Crippen molar-refractivity contribution in [1.29, 1.82) is 0 Å². The average molecular weight is 400 g/mol. The first-order chi connectivity index (χ1) is 14.6. The Balaban J connectivity index is 1.36. The molecule has 0 saturated heterocycles. The van der Waals surface area contributed by atoms with Gasteiger partial charge in [-0.25, -0.2) is 9.78 Å². The summed E-state index contributed by atoms with van der Waals surface area (Å²) in [6.45, 7) is 2.13. The highest BCUT2D eigenvalue weighted by Gasteiger charge is 2.05. The lowest BCUT2D eigenvalue weighted by molar-refractivity contribution is 0.262. The Morgan fingerprint density at radius 1 is 0.967 bits per heavy atom. The normalized spacial score (nSPS) is 10.6. The number of benzene rings is 2. The van der Waals surface area contributed by atoms with Gasteiger partial charge in [-0.1, -0.05) is 18.2 Å². The third-order valence-electron chi connectivity index (χ3n) is 4.40. The minimum atomic E-state index is -0.324. The second-order valence-corrected chi connectivity index (χ2v) is 6.78. The van der Waals surface area contributed by atoms with Gasteiger partial charge in [-0.15, -0.1) is 0 Å². The number of pyridine rings is 1. The smallest absolute Gasteiger partial charge is 0.323 e. The molecular formula is C23H20N4O3. The molecule has 0 fully saturated rings. The van der Waals surface area contributed by atoms with Crippen molar-refractivity contribution in [3.05, 3.63) is 101 Å². The summed E-state index contributed by atoms with van der Waals surface area (Å²) in [5, 5.41) is 5.57. The van der Waals surface area contributed by atoms with E-state index < -0.39 is 0 Å². The predicted molar refractivity (Wildman–Crippen MR) is 116 cm³/mol. The third kappa shape index (κ3) is 4.64. The van der Waals surface area contributed by atoms with Gasteiger partial charge in [0.25, 0.3) is 5.56 Å². The highest BCUT2D eigenvalue weighted by atomic mass is 16.5. The lowest BCUT2D eigenvalue weighted by Gasteiger charge is -2.10. The van der Waals surface area contributed by atoms with Gasteiger partial charge in [-0.2, -0.15) is 0 Å². The zero-order chi connectivity index (χ0) is 20.9. The molecule has 0 bridgehead atoms. The molecule has 150 valence electrons. The Hall–Kier alpha value is -4.13. The summed E-state index contributed by atoms with van der Waals surface area (Å²) >= 11 is 0. The summed E-state index contributed by atoms with van der Waals surface area (Å²) in [5.74, 6) is 0.606. The number of urea groups is 1. The van der Waals surface area contributed by atoms with Crippen molar-refractivity contribution >= 4 is 23.1 Å². The fraction of sp³-hybridized carbons (Fsp3) is 0.0870. The number of aromatic nitrogens is 2. The first-order valence-corrected chi connectivity index (χ1v) is 9.42. The van der Waals surface area contributed by atoms with E-state index in [9.17, 15) is 9.59 Å². The lowest BCUT2D eigenvalue weighted by atomic mass is 10.2. The second kappa shape index (κ2) is 8.48. The molecule has 30 heavy (non-hydrogen) atoms. The summed E-state index contributed by atoms with van der Waals surface area (Å²) in [6.07, 6.45) is 1.68. The van der Waals surface area contributed by atoms with Crippen LogP contribution in [0.25, 0.3) is 5.65 Å². The molecule has 0 spiro atoms. The quantitative estimate of drug-likeness (QED) is 0.525. The van der Waals surface area contributed by atoms with Gasteiger partial charge in [0, 0.05) is 23.6 Å². The zero-order valence-electron chi connectivity index (χ0n) is 16.3. The first kappa shape index (κ1) is 19.2. The van der Waals surface area contributed by atoms with Crippen molar-refractivity contribution in [2.45, 2.75) is 13.5 Å². The fourth-order valence-corrected chi connectivity index (χ4v) is 2.98. The van der Waals surface area contributed by atoms with E-state index in [0.29, 0.717) is 22.8 Å². The molecule has 2 aromatic heterocycles. The number of hydrogen-bond donors (Lipinski definition) is 2. The number of amides is 2. The molecule has 4 rings (SSSR count). The van der Waals surface area contributed by atoms with E-state index in [1.54, 1.807) is 42.6 Å². The SMILES string of the molecule is Cc1cccc(NC(=O)Nc2ccc(OCc3cc(=O)n4ccccc4n3)cc2)c1. The van der Waals surface area contributed by atoms with Crippen LogP contribution in [0, 0.1) is 6.92 Å². The van der Waals surface area contributed by atoms with E-state index in [0.717, 1.165) is 11.3 Å². The van der Waals surface area contributed by atoms with Gasteiger partial charge in [0.15, 0.2) is 0 Å². The topological polar surface area (TPSA) is 84.7 Å². The number of carbonyl (C=O) groups excluding carboxylic acids is 1. The van der Waals surface area contributed by atoms with Crippen molar-refractivity contribution in [1.82, 2.24) is 9.38 Å². The van der Waals surface area contributed by atoms with Gasteiger partial charge >= 0.3 is 6.03 Å². The van der Waals surface area contributed by atoms with Crippen LogP contribution in [-0.2, 0) is 6.61 Å². The minimum absolute atomic E-state index is 0.154. The van der Waals surface area contributed by atoms with Crippen molar-refractivity contribution in [3.63, 3.8) is 0 Å². The van der Waals surface area contributed by atoms with Crippen LogP contribution < -0.4 is 20.9 Å². The van der Waals surface area contributed by atoms with E-state index in [2.05, 4.69) is 15.6 Å². The predicted octanol–water partition coefficient (Wildman–Crippen LogP) is 4.23. The van der Waals surface area contributed by atoms with Gasteiger partial charge < -0.3 is 15.4 Å². The molecule has 7 heteroatoms. The molecule has 0 aliphatic rings. The first-order valence-electron chi connectivity index (χ1n) is 9.42. The monoisotopic (exact) mass is 400 g/mol. The number of fused-ring (bicyclic) bond motifs is 1. The number of rotatable bonds is 5. The number of nitrogens with one attached hydrogen (secondary N) is 2. The Morgan fingerprint density at radius 3 is 2.57 bits per heavy atom. The van der Waals surface area contributed by atoms with Crippen LogP contribution in [0.5, 0.6) is 5.75 Å². The van der Waals surface area contributed by atoms with E-state index in [4.69, 9.17) is 4.74 Å². The highest BCUT2D eigenvalue weighted by Crippen LogP contribution is 2.17. The number of nitrogens with zero attached hydrogens (tertiary/aromatic N) is 2. The van der Waals surface area contributed by atoms with Crippen LogP contribution in [0.15, 0.2) is 83.8 Å². The number of aryl methyl sites for hydroxylation is 1. The maximum absolute atomic E-state index is 12.1. The Labute approximate surface area is 173 Å². The molecule has 0 radical (unpaired) electrons. The lowest BCUT2D eigenvalue weighted by Crippen LogP contribution is -2.19. The maximum Gasteiger partial charge on any atom is 0.323 e. The summed E-state index contributed by atoms with van der Waals surface area (Å²) in [6, 6.07) is 21.1. The van der Waals surface area contributed by atoms with Gasteiger partial charge in [0.05, 0.1) is 5.69 Å². The van der Waals surface area contributed by atoms with E-state index in [-0.39, 0.29) is 18.2 Å². The molecule has 0 unspecified atom stereocenters. The average Bonchev–Trinajstić information content (AvgIpc) is 2.73. The van der Waals surface area contributed by atoms with Crippen LogP contribution in [0.3, 0.4) is 0 Å². The Bertz CT molecular complexity index is 1250. The molecule has 2 amide bonds. The van der Waals surface area contributed by atoms with E-state index >= 15 is 0 Å². The molecule has 2 heterocycles. The largest absolute Gasteiger partial charge is 0.487 e. The summed E-state index contributed by atoms with van der Waals surface area (Å²) < 4.78 is 7.20. The molecule has 4 aromatic rings. The van der Waals surface area contributed by atoms with Crippen molar-refractivity contribution in [3.8, 4) is 5.75 Å². The van der Waals surface area contributed by atoms with Crippen molar-refractivity contribution in [2.24, 2.45) is 0 Å². The van der Waals surface area contributed by atoms with Gasteiger partial charge in [0.1, 0.15) is 18.0 Å². The second-order valence-electron chi connectivity index (χ2n) is 6.78. The molecule has 2 aromatic carbocycles. The van der Waals surface area contributed by atoms with E-state index in [1.165, 1.54) is 10.5 Å². The number of hydrogen-bond acceptors (Lipinski definition) is 4. The molecule has 2 N–H and O–H groups in total. The molecule has 7 nitrogen and oxygen atoms in total. The Kier molecular flexibility index (Phi) is 5.43. The maximum atomic E-state index is 12.1. The van der Waals surface area contributed by atoms with Crippen LogP contribution in [0.1, 0.15) is 11.3 Å². The third-order valence-corrected chi connectivity index (χ3v) is 4.40. The molecule has 0 atom stereocenters. The van der Waals surface area contributed by atoms with Gasteiger partial charge in [-0.3, -0.25) is 9.20 Å². The van der Waals surface area contributed by atoms with Crippen molar-refractivity contribution in [2.75, 3.05) is 10.6 Å². The van der Waals surface area contributed by atoms with Gasteiger partial charge in [0.2, 0.25) is 0 Å². The summed E-state index contributed by atoms with van der Waals surface area (Å²) in [7, 11) is 0. The summed E-state index contributed by atoms with van der Waals surface area (Å²) in [5.41, 5.74) is 3.39. The number of anilines is 2. The van der Waals surface area contributed by atoms with Crippen molar-refractivity contribution < 1.29 is 9.53 Å². The van der Waals surface area contributed by atoms with Crippen LogP contribution >= 0.6 is 0 Å². The number of ether oxygens (including phenoxy) is 1. The van der Waals surface area contributed by atoms with Crippen LogP contribution in [0.4, 0.5) is 16.2 Å².